The molecular formula is C23H27N3O2S. The van der Waals surface area contributed by atoms with E-state index in [-0.39, 0.29) is 11.8 Å². The number of nitrogens with zero attached hydrogens (tertiary/aromatic N) is 2. The number of amides is 2. The molecule has 0 unspecified atom stereocenters. The van der Waals surface area contributed by atoms with Crippen molar-refractivity contribution in [3.63, 3.8) is 0 Å². The van der Waals surface area contributed by atoms with E-state index in [1.807, 2.05) is 32.0 Å². The summed E-state index contributed by atoms with van der Waals surface area (Å²) >= 11 is 1.72. The Hall–Kier alpha value is -2.73. The number of nitrogens with one attached hydrogen (secondary N) is 1. The SMILES string of the molecule is CCN(CC)C(=O)c1ccc(NC(=O)CCCCc2nc3ccccc3s2)cc1. The quantitative estimate of drug-likeness (QED) is 0.498. The highest BCUT2D eigenvalue weighted by Gasteiger charge is 2.12. The summed E-state index contributed by atoms with van der Waals surface area (Å²) in [6.45, 7) is 5.30. The summed E-state index contributed by atoms with van der Waals surface area (Å²) in [6, 6.07) is 15.3. The van der Waals surface area contributed by atoms with Gasteiger partial charge in [-0.25, -0.2) is 4.98 Å². The smallest absolute Gasteiger partial charge is 0.253 e. The zero-order valence-corrected chi connectivity index (χ0v) is 17.8. The van der Waals surface area contributed by atoms with E-state index in [4.69, 9.17) is 0 Å². The van der Waals surface area contributed by atoms with Gasteiger partial charge in [-0.1, -0.05) is 12.1 Å². The number of anilines is 1. The molecule has 1 heterocycles. The van der Waals surface area contributed by atoms with Crippen LogP contribution in [0.15, 0.2) is 48.5 Å². The topological polar surface area (TPSA) is 62.3 Å². The summed E-state index contributed by atoms with van der Waals surface area (Å²) in [6.07, 6.45) is 3.13. The summed E-state index contributed by atoms with van der Waals surface area (Å²) < 4.78 is 1.21. The van der Waals surface area contributed by atoms with E-state index in [1.165, 1.54) is 4.70 Å². The lowest BCUT2D eigenvalue weighted by Gasteiger charge is -2.18. The number of benzene rings is 2. The lowest BCUT2D eigenvalue weighted by Crippen LogP contribution is -2.30. The average molecular weight is 410 g/mol. The van der Waals surface area contributed by atoms with Gasteiger partial charge in [0, 0.05) is 30.8 Å². The van der Waals surface area contributed by atoms with E-state index in [0.717, 1.165) is 35.5 Å². The van der Waals surface area contributed by atoms with Gasteiger partial charge in [-0.15, -0.1) is 11.3 Å². The number of rotatable bonds is 9. The third-order valence-electron chi connectivity index (χ3n) is 4.85. The number of aryl methyl sites for hydroxylation is 1. The number of carbonyl (C=O) groups is 2. The van der Waals surface area contributed by atoms with Gasteiger partial charge >= 0.3 is 0 Å². The molecule has 6 heteroatoms. The van der Waals surface area contributed by atoms with Crippen LogP contribution in [0.2, 0.25) is 0 Å². The molecule has 3 aromatic rings. The maximum atomic E-state index is 12.3. The fourth-order valence-corrected chi connectivity index (χ4v) is 4.21. The molecule has 0 aliphatic carbocycles. The Labute approximate surface area is 175 Å². The Balaban J connectivity index is 1.42. The zero-order valence-electron chi connectivity index (χ0n) is 17.0. The number of carbonyl (C=O) groups excluding carboxylic acids is 2. The lowest BCUT2D eigenvalue weighted by atomic mass is 10.1. The summed E-state index contributed by atoms with van der Waals surface area (Å²) in [5, 5.41) is 4.03. The lowest BCUT2D eigenvalue weighted by molar-refractivity contribution is -0.116. The largest absolute Gasteiger partial charge is 0.339 e. The van der Waals surface area contributed by atoms with Crippen LogP contribution in [0.4, 0.5) is 5.69 Å². The first kappa shape index (κ1) is 21.0. The second kappa shape index (κ2) is 10.2. The summed E-state index contributed by atoms with van der Waals surface area (Å²) in [5.41, 5.74) is 2.41. The van der Waals surface area contributed by atoms with E-state index in [9.17, 15) is 9.59 Å². The fourth-order valence-electron chi connectivity index (χ4n) is 3.20. The number of para-hydroxylation sites is 1. The van der Waals surface area contributed by atoms with Gasteiger partial charge in [-0.2, -0.15) is 0 Å². The molecule has 0 fully saturated rings. The van der Waals surface area contributed by atoms with Gasteiger partial charge in [0.15, 0.2) is 0 Å². The van der Waals surface area contributed by atoms with Crippen LogP contribution in [0.25, 0.3) is 10.2 Å². The van der Waals surface area contributed by atoms with Gasteiger partial charge in [-0.05, 0) is 69.5 Å². The Bertz CT molecular complexity index is 929. The molecule has 0 atom stereocenters. The number of hydrogen-bond acceptors (Lipinski definition) is 4. The molecule has 0 aliphatic rings. The number of fused-ring (bicyclic) bond motifs is 1. The van der Waals surface area contributed by atoms with Crippen molar-refractivity contribution in [1.82, 2.24) is 9.88 Å². The van der Waals surface area contributed by atoms with Gasteiger partial charge in [-0.3, -0.25) is 9.59 Å². The van der Waals surface area contributed by atoms with E-state index in [0.29, 0.717) is 25.1 Å². The van der Waals surface area contributed by atoms with E-state index in [1.54, 1.807) is 40.5 Å². The molecule has 1 aromatic heterocycles. The zero-order chi connectivity index (χ0) is 20.6. The van der Waals surface area contributed by atoms with Crippen molar-refractivity contribution in [1.29, 1.82) is 0 Å². The van der Waals surface area contributed by atoms with Crippen LogP contribution in [0, 0.1) is 0 Å². The van der Waals surface area contributed by atoms with Crippen molar-refractivity contribution < 1.29 is 9.59 Å². The molecule has 2 aromatic carbocycles. The van der Waals surface area contributed by atoms with Crippen LogP contribution in [-0.2, 0) is 11.2 Å². The molecule has 5 nitrogen and oxygen atoms in total. The second-order valence-corrected chi connectivity index (χ2v) is 8.00. The number of hydrogen-bond donors (Lipinski definition) is 1. The highest BCUT2D eigenvalue weighted by atomic mass is 32.1. The van der Waals surface area contributed by atoms with Crippen molar-refractivity contribution in [3.05, 3.63) is 59.1 Å². The number of unbranched alkanes of at least 4 members (excludes halogenated alkanes) is 1. The van der Waals surface area contributed by atoms with Gasteiger partial charge in [0.1, 0.15) is 0 Å². The van der Waals surface area contributed by atoms with Crippen molar-refractivity contribution >= 4 is 39.1 Å². The molecule has 2 amide bonds. The van der Waals surface area contributed by atoms with Crippen molar-refractivity contribution in [3.8, 4) is 0 Å². The number of thiazole rings is 1. The molecule has 0 saturated carbocycles. The molecule has 152 valence electrons. The predicted octanol–water partition coefficient (Wildman–Crippen LogP) is 5.13. The minimum absolute atomic E-state index is 0.00267. The molecule has 0 saturated heterocycles. The maximum absolute atomic E-state index is 12.3. The first-order valence-corrected chi connectivity index (χ1v) is 11.0. The molecule has 0 aliphatic heterocycles. The monoisotopic (exact) mass is 409 g/mol. The van der Waals surface area contributed by atoms with Crippen LogP contribution >= 0.6 is 11.3 Å². The van der Waals surface area contributed by atoms with Gasteiger partial charge in [0.25, 0.3) is 5.91 Å². The molecule has 1 N–H and O–H groups in total. The van der Waals surface area contributed by atoms with Crippen molar-refractivity contribution in [2.24, 2.45) is 0 Å². The third kappa shape index (κ3) is 5.64. The van der Waals surface area contributed by atoms with Crippen molar-refractivity contribution in [2.75, 3.05) is 18.4 Å². The van der Waals surface area contributed by atoms with Gasteiger partial charge in [0.2, 0.25) is 5.91 Å². The molecule has 0 radical (unpaired) electrons. The highest BCUT2D eigenvalue weighted by molar-refractivity contribution is 7.18. The van der Waals surface area contributed by atoms with Crippen LogP contribution in [0.5, 0.6) is 0 Å². The summed E-state index contributed by atoms with van der Waals surface area (Å²) in [5.74, 6) is 0.0137. The molecule has 0 spiro atoms. The second-order valence-electron chi connectivity index (χ2n) is 6.89. The molecular weight excluding hydrogens is 382 g/mol. The highest BCUT2D eigenvalue weighted by Crippen LogP contribution is 2.23. The number of aromatic nitrogens is 1. The van der Waals surface area contributed by atoms with Crippen molar-refractivity contribution in [2.45, 2.75) is 39.5 Å². The normalized spacial score (nSPS) is 10.8. The van der Waals surface area contributed by atoms with Crippen LogP contribution in [-0.4, -0.2) is 34.8 Å². The summed E-state index contributed by atoms with van der Waals surface area (Å²) in [4.78, 5) is 30.9. The molecule has 0 bridgehead atoms. The minimum atomic E-state index is -0.00267. The fraction of sp³-hybridized carbons (Fsp3) is 0.348. The van der Waals surface area contributed by atoms with Crippen LogP contribution < -0.4 is 5.32 Å². The Morgan fingerprint density at radius 2 is 1.72 bits per heavy atom. The van der Waals surface area contributed by atoms with E-state index >= 15 is 0 Å². The Kier molecular flexibility index (Phi) is 7.36. The van der Waals surface area contributed by atoms with Gasteiger partial charge < -0.3 is 10.2 Å². The van der Waals surface area contributed by atoms with E-state index < -0.39 is 0 Å². The van der Waals surface area contributed by atoms with Crippen LogP contribution in [0.1, 0.15) is 48.5 Å². The van der Waals surface area contributed by atoms with Crippen LogP contribution in [0.3, 0.4) is 0 Å². The van der Waals surface area contributed by atoms with Gasteiger partial charge in [0.05, 0.1) is 15.2 Å². The molecule has 3 rings (SSSR count). The standard InChI is InChI=1S/C23H27N3O2S/c1-3-26(4-2)23(28)17-13-15-18(16-14-17)24-21(27)11-7-8-12-22-25-19-9-5-6-10-20(19)29-22/h5-6,9-10,13-16H,3-4,7-8,11-12H2,1-2H3,(H,24,27). The first-order valence-electron chi connectivity index (χ1n) is 10.1. The maximum Gasteiger partial charge on any atom is 0.253 e. The minimum Gasteiger partial charge on any atom is -0.339 e. The average Bonchev–Trinajstić information content (AvgIpc) is 3.15. The summed E-state index contributed by atoms with van der Waals surface area (Å²) in [7, 11) is 0. The first-order chi connectivity index (χ1) is 14.1. The third-order valence-corrected chi connectivity index (χ3v) is 5.95. The Morgan fingerprint density at radius 3 is 2.41 bits per heavy atom. The Morgan fingerprint density at radius 1 is 1.00 bits per heavy atom. The predicted molar refractivity (Wildman–Crippen MR) is 119 cm³/mol. The van der Waals surface area contributed by atoms with E-state index in [2.05, 4.69) is 16.4 Å². The molecule has 29 heavy (non-hydrogen) atoms.